The number of hydrogen-bond donors (Lipinski definition) is 1. The summed E-state index contributed by atoms with van der Waals surface area (Å²) in [4.78, 5) is 0. The molecule has 7 heteroatoms. The molecule has 6 nitrogen and oxygen atoms in total. The molecular formula is C23H23ClN4O2. The van der Waals surface area contributed by atoms with Crippen molar-refractivity contribution in [2.75, 3.05) is 13.2 Å². The molecule has 0 saturated heterocycles. The Morgan fingerprint density at radius 1 is 1.13 bits per heavy atom. The van der Waals surface area contributed by atoms with E-state index in [1.807, 2.05) is 19.9 Å². The summed E-state index contributed by atoms with van der Waals surface area (Å²) in [5.74, 6) is 0.158. The summed E-state index contributed by atoms with van der Waals surface area (Å²) in [5, 5.41) is 30.4. The molecule has 1 aromatic rings. The number of rotatable bonds is 5. The van der Waals surface area contributed by atoms with Crippen LogP contribution in [-0.4, -0.2) is 13.2 Å². The lowest BCUT2D eigenvalue weighted by molar-refractivity contribution is 0.284. The van der Waals surface area contributed by atoms with Crippen LogP contribution >= 0.6 is 11.6 Å². The van der Waals surface area contributed by atoms with E-state index in [2.05, 4.69) is 18.2 Å². The van der Waals surface area contributed by atoms with Crippen molar-refractivity contribution in [3.8, 4) is 29.7 Å². The Morgan fingerprint density at radius 2 is 1.77 bits per heavy atom. The Kier molecular flexibility index (Phi) is 6.25. The number of ether oxygens (including phenoxy) is 2. The standard InChI is InChI=1S/C23H23ClN4O2/c1-3-29-19-9-16(18(24)10-20(19)30-4-2)21-15-8-6-5-7-14(15)17(11-25)22(28)23(21,12-26)13-27/h7,9-10,15,21H,3-6,8,28H2,1-2H3/t15-,21-/m0/s1. The molecule has 0 heterocycles. The van der Waals surface area contributed by atoms with Gasteiger partial charge in [-0.25, -0.2) is 0 Å². The lowest BCUT2D eigenvalue weighted by Crippen LogP contribution is -2.42. The van der Waals surface area contributed by atoms with Crippen LogP contribution in [-0.2, 0) is 0 Å². The molecule has 0 spiro atoms. The lowest BCUT2D eigenvalue weighted by atomic mass is 9.56. The first-order valence-electron chi connectivity index (χ1n) is 10.0. The van der Waals surface area contributed by atoms with Gasteiger partial charge in [-0.15, -0.1) is 0 Å². The number of nitriles is 3. The van der Waals surface area contributed by atoms with E-state index in [9.17, 15) is 15.8 Å². The second-order valence-corrected chi connectivity index (χ2v) is 7.70. The summed E-state index contributed by atoms with van der Waals surface area (Å²) in [5.41, 5.74) is 6.25. The molecule has 154 valence electrons. The Morgan fingerprint density at radius 3 is 2.33 bits per heavy atom. The molecule has 3 rings (SSSR count). The predicted octanol–water partition coefficient (Wildman–Crippen LogP) is 4.73. The van der Waals surface area contributed by atoms with Gasteiger partial charge in [-0.2, -0.15) is 15.8 Å². The van der Waals surface area contributed by atoms with Gasteiger partial charge in [-0.1, -0.05) is 17.7 Å². The summed E-state index contributed by atoms with van der Waals surface area (Å²) in [6.07, 6.45) is 4.44. The minimum Gasteiger partial charge on any atom is -0.490 e. The second-order valence-electron chi connectivity index (χ2n) is 7.29. The zero-order chi connectivity index (χ0) is 21.9. The van der Waals surface area contributed by atoms with Gasteiger partial charge >= 0.3 is 0 Å². The van der Waals surface area contributed by atoms with Crippen LogP contribution in [0.3, 0.4) is 0 Å². The van der Waals surface area contributed by atoms with Crippen molar-refractivity contribution in [1.29, 1.82) is 15.8 Å². The molecule has 2 atom stereocenters. The van der Waals surface area contributed by atoms with E-state index in [0.717, 1.165) is 24.8 Å². The fraction of sp³-hybridized carbons (Fsp3) is 0.435. The van der Waals surface area contributed by atoms with Crippen LogP contribution in [0.2, 0.25) is 5.02 Å². The first-order chi connectivity index (χ1) is 14.5. The van der Waals surface area contributed by atoms with Gasteiger partial charge in [0.2, 0.25) is 0 Å². The van der Waals surface area contributed by atoms with Gasteiger partial charge < -0.3 is 15.2 Å². The topological polar surface area (TPSA) is 116 Å². The van der Waals surface area contributed by atoms with E-state index in [0.29, 0.717) is 35.3 Å². The van der Waals surface area contributed by atoms with Crippen LogP contribution in [0.1, 0.15) is 44.6 Å². The molecule has 2 aliphatic rings. The van der Waals surface area contributed by atoms with Crippen LogP contribution in [0.5, 0.6) is 11.5 Å². The average Bonchev–Trinajstić information content (AvgIpc) is 2.75. The lowest BCUT2D eigenvalue weighted by Gasteiger charge is -2.43. The number of allylic oxidation sites excluding steroid dienone is 4. The van der Waals surface area contributed by atoms with Gasteiger partial charge in [0.25, 0.3) is 0 Å². The smallest absolute Gasteiger partial charge is 0.191 e. The highest BCUT2D eigenvalue weighted by atomic mass is 35.5. The summed E-state index contributed by atoms with van der Waals surface area (Å²) in [7, 11) is 0. The number of halogens is 1. The Bertz CT molecular complexity index is 1020. The average molecular weight is 423 g/mol. The van der Waals surface area contributed by atoms with Gasteiger partial charge in [-0.3, -0.25) is 0 Å². The van der Waals surface area contributed by atoms with Crippen molar-refractivity contribution >= 4 is 11.6 Å². The van der Waals surface area contributed by atoms with Gasteiger partial charge in [0, 0.05) is 17.0 Å². The Hall–Kier alpha value is -3.14. The monoisotopic (exact) mass is 422 g/mol. The molecule has 0 aromatic heterocycles. The van der Waals surface area contributed by atoms with Crippen molar-refractivity contribution in [2.24, 2.45) is 17.1 Å². The Labute approximate surface area is 181 Å². The molecule has 1 aromatic carbocycles. The second kappa shape index (κ2) is 8.70. The van der Waals surface area contributed by atoms with E-state index in [1.54, 1.807) is 12.1 Å². The summed E-state index contributed by atoms with van der Waals surface area (Å²) >= 11 is 6.67. The van der Waals surface area contributed by atoms with Crippen LogP contribution < -0.4 is 15.2 Å². The summed E-state index contributed by atoms with van der Waals surface area (Å²) in [6, 6.07) is 9.80. The fourth-order valence-corrected chi connectivity index (χ4v) is 4.81. The van der Waals surface area contributed by atoms with Crippen molar-refractivity contribution in [2.45, 2.75) is 39.0 Å². The van der Waals surface area contributed by atoms with Crippen LogP contribution in [0.25, 0.3) is 0 Å². The van der Waals surface area contributed by atoms with Crippen molar-refractivity contribution in [3.05, 3.63) is 45.6 Å². The number of hydrogen-bond acceptors (Lipinski definition) is 6. The normalized spacial score (nSPS) is 22.1. The third-order valence-corrected chi connectivity index (χ3v) is 6.12. The maximum absolute atomic E-state index is 10.1. The molecule has 0 fully saturated rings. The van der Waals surface area contributed by atoms with Crippen LogP contribution in [0.15, 0.2) is 35.1 Å². The highest BCUT2D eigenvalue weighted by molar-refractivity contribution is 6.31. The van der Waals surface area contributed by atoms with Crippen LogP contribution in [0, 0.1) is 45.3 Å². The highest BCUT2D eigenvalue weighted by Gasteiger charge is 2.54. The number of benzene rings is 1. The van der Waals surface area contributed by atoms with Gasteiger partial charge in [-0.05, 0) is 56.2 Å². The van der Waals surface area contributed by atoms with E-state index in [-0.39, 0.29) is 17.2 Å². The molecule has 0 unspecified atom stereocenters. The fourth-order valence-electron chi connectivity index (χ4n) is 4.54. The van der Waals surface area contributed by atoms with Gasteiger partial charge in [0.15, 0.2) is 16.9 Å². The Balaban J connectivity index is 2.32. The van der Waals surface area contributed by atoms with Crippen molar-refractivity contribution in [1.82, 2.24) is 0 Å². The van der Waals surface area contributed by atoms with Gasteiger partial charge in [0.05, 0.1) is 36.6 Å². The third-order valence-electron chi connectivity index (χ3n) is 5.80. The quantitative estimate of drug-likeness (QED) is 0.733. The third kappa shape index (κ3) is 3.26. The maximum Gasteiger partial charge on any atom is 0.191 e. The minimum atomic E-state index is -1.70. The van der Waals surface area contributed by atoms with Crippen molar-refractivity contribution in [3.63, 3.8) is 0 Å². The van der Waals surface area contributed by atoms with E-state index >= 15 is 0 Å². The summed E-state index contributed by atoms with van der Waals surface area (Å²) in [6.45, 7) is 4.59. The molecule has 2 N–H and O–H groups in total. The maximum atomic E-state index is 10.1. The molecule has 30 heavy (non-hydrogen) atoms. The highest BCUT2D eigenvalue weighted by Crippen LogP contribution is 2.57. The molecule has 0 bridgehead atoms. The van der Waals surface area contributed by atoms with E-state index in [1.165, 1.54) is 0 Å². The van der Waals surface area contributed by atoms with E-state index in [4.69, 9.17) is 26.8 Å². The molecule has 0 amide bonds. The number of nitrogens with two attached hydrogens (primary N) is 1. The van der Waals surface area contributed by atoms with Crippen molar-refractivity contribution < 1.29 is 9.47 Å². The largest absolute Gasteiger partial charge is 0.490 e. The zero-order valence-corrected chi connectivity index (χ0v) is 17.8. The molecule has 0 radical (unpaired) electrons. The van der Waals surface area contributed by atoms with Gasteiger partial charge in [0.1, 0.15) is 6.07 Å². The SMILES string of the molecule is CCOc1cc(Cl)c([C@@H]2[C@H]3CCCC=C3C(C#N)=C(N)C2(C#N)C#N)cc1OCC. The zero-order valence-electron chi connectivity index (χ0n) is 17.0. The molecule has 0 aliphatic heterocycles. The molecular weight excluding hydrogens is 400 g/mol. The minimum absolute atomic E-state index is 0.00712. The summed E-state index contributed by atoms with van der Waals surface area (Å²) < 4.78 is 11.4. The predicted molar refractivity (Wildman–Crippen MR) is 112 cm³/mol. The molecule has 0 saturated carbocycles. The van der Waals surface area contributed by atoms with E-state index < -0.39 is 11.3 Å². The first-order valence-corrected chi connectivity index (χ1v) is 10.4. The van der Waals surface area contributed by atoms with Crippen LogP contribution in [0.4, 0.5) is 0 Å². The molecule has 2 aliphatic carbocycles. The first kappa shape index (κ1) is 21.6. The number of fused-ring (bicyclic) bond motifs is 1. The number of nitrogens with zero attached hydrogens (tertiary/aromatic N) is 3.